The van der Waals surface area contributed by atoms with E-state index in [1.807, 2.05) is 18.2 Å². The zero-order valence-corrected chi connectivity index (χ0v) is 12.4. The van der Waals surface area contributed by atoms with Gasteiger partial charge < -0.3 is 10.6 Å². The van der Waals surface area contributed by atoms with Gasteiger partial charge in [-0.15, -0.1) is 0 Å². The molecule has 0 saturated carbocycles. The van der Waals surface area contributed by atoms with Gasteiger partial charge in [-0.25, -0.2) is 0 Å². The minimum atomic E-state index is 0.0629. The topological polar surface area (TPSA) is 58.2 Å². The highest BCUT2D eigenvalue weighted by atomic mass is 16.2. The highest BCUT2D eigenvalue weighted by molar-refractivity contribution is 6.00. The third-order valence-corrected chi connectivity index (χ3v) is 4.52. The van der Waals surface area contributed by atoms with Crippen molar-refractivity contribution in [2.45, 2.75) is 45.1 Å². The summed E-state index contributed by atoms with van der Waals surface area (Å²) in [7, 11) is 0. The molecule has 0 aromatic heterocycles. The van der Waals surface area contributed by atoms with Gasteiger partial charge in [-0.3, -0.25) is 9.59 Å². The van der Waals surface area contributed by atoms with E-state index >= 15 is 0 Å². The predicted molar refractivity (Wildman–Crippen MR) is 82.5 cm³/mol. The molecular weight excluding hydrogens is 264 g/mol. The van der Waals surface area contributed by atoms with E-state index in [4.69, 9.17) is 0 Å². The molecule has 112 valence electrons. The summed E-state index contributed by atoms with van der Waals surface area (Å²) in [5.74, 6) is 0.336. The van der Waals surface area contributed by atoms with Crippen molar-refractivity contribution in [2.75, 3.05) is 11.9 Å². The normalized spacial score (nSPS) is 25.3. The van der Waals surface area contributed by atoms with Crippen molar-refractivity contribution >= 4 is 17.4 Å². The van der Waals surface area contributed by atoms with Gasteiger partial charge in [0.05, 0.1) is 0 Å². The summed E-state index contributed by atoms with van der Waals surface area (Å²) in [6.45, 7) is 3.00. The van der Waals surface area contributed by atoms with Crippen LogP contribution in [0.25, 0.3) is 0 Å². The minimum absolute atomic E-state index is 0.0629. The molecule has 3 rings (SSSR count). The maximum atomic E-state index is 12.3. The number of Topliss-reactive ketones (excluding diaryl/α,β-unsaturated/α-hetero) is 1. The van der Waals surface area contributed by atoms with Gasteiger partial charge in [0.1, 0.15) is 0 Å². The standard InChI is InChI=1S/C17H22N2O2/c1-11-9-13(7-8-18-11)17(21)19-14-6-5-12-3-2-4-16(20)15(12)10-14/h5-6,10-11,13,18H,2-4,7-9H2,1H3,(H,19,21)/t11-,13-/m0/s1. The molecule has 4 heteroatoms. The van der Waals surface area contributed by atoms with E-state index < -0.39 is 0 Å². The third-order valence-electron chi connectivity index (χ3n) is 4.52. The second-order valence-electron chi connectivity index (χ2n) is 6.21. The number of piperidine rings is 1. The zero-order chi connectivity index (χ0) is 14.8. The van der Waals surface area contributed by atoms with Gasteiger partial charge in [-0.05, 0) is 56.8 Å². The van der Waals surface area contributed by atoms with Crippen LogP contribution in [0.15, 0.2) is 18.2 Å². The summed E-state index contributed by atoms with van der Waals surface area (Å²) in [5.41, 5.74) is 2.65. The van der Waals surface area contributed by atoms with Crippen LogP contribution in [0.4, 0.5) is 5.69 Å². The van der Waals surface area contributed by atoms with Crippen LogP contribution < -0.4 is 10.6 Å². The van der Waals surface area contributed by atoms with Crippen molar-refractivity contribution in [1.82, 2.24) is 5.32 Å². The second kappa shape index (κ2) is 5.98. The lowest BCUT2D eigenvalue weighted by molar-refractivity contribution is -0.120. The molecule has 1 heterocycles. The van der Waals surface area contributed by atoms with Gasteiger partial charge in [0.15, 0.2) is 5.78 Å². The number of benzene rings is 1. The van der Waals surface area contributed by atoms with E-state index in [1.165, 1.54) is 0 Å². The van der Waals surface area contributed by atoms with Crippen LogP contribution in [-0.4, -0.2) is 24.3 Å². The number of carbonyl (C=O) groups is 2. The fourth-order valence-electron chi connectivity index (χ4n) is 3.32. The molecule has 0 spiro atoms. The quantitative estimate of drug-likeness (QED) is 0.878. The van der Waals surface area contributed by atoms with Crippen LogP contribution in [0, 0.1) is 5.92 Å². The smallest absolute Gasteiger partial charge is 0.227 e. The number of hydrogen-bond acceptors (Lipinski definition) is 3. The van der Waals surface area contributed by atoms with Gasteiger partial charge in [-0.2, -0.15) is 0 Å². The molecule has 21 heavy (non-hydrogen) atoms. The average molecular weight is 286 g/mol. The molecule has 0 bridgehead atoms. The first-order valence-corrected chi connectivity index (χ1v) is 7.84. The molecule has 1 amide bonds. The molecule has 1 aromatic rings. The lowest BCUT2D eigenvalue weighted by Crippen LogP contribution is -2.40. The second-order valence-corrected chi connectivity index (χ2v) is 6.21. The Bertz CT molecular complexity index is 568. The van der Waals surface area contributed by atoms with Crippen molar-refractivity contribution in [2.24, 2.45) is 5.92 Å². The maximum absolute atomic E-state index is 12.3. The first-order chi connectivity index (χ1) is 10.1. The van der Waals surface area contributed by atoms with Crippen LogP contribution in [-0.2, 0) is 11.2 Å². The van der Waals surface area contributed by atoms with Crippen molar-refractivity contribution in [3.8, 4) is 0 Å². The molecule has 2 aliphatic rings. The number of ketones is 1. The Labute approximate surface area is 125 Å². The summed E-state index contributed by atoms with van der Waals surface area (Å²) >= 11 is 0. The lowest BCUT2D eigenvalue weighted by Gasteiger charge is -2.27. The Balaban J connectivity index is 1.71. The number of aryl methyl sites for hydroxylation is 1. The number of nitrogens with one attached hydrogen (secondary N) is 2. The molecule has 4 nitrogen and oxygen atoms in total. The average Bonchev–Trinajstić information content (AvgIpc) is 2.48. The number of hydrogen-bond donors (Lipinski definition) is 2. The Kier molecular flexibility index (Phi) is 4.06. The lowest BCUT2D eigenvalue weighted by atomic mass is 9.90. The van der Waals surface area contributed by atoms with E-state index in [0.29, 0.717) is 12.5 Å². The number of anilines is 1. The molecule has 1 fully saturated rings. The van der Waals surface area contributed by atoms with Gasteiger partial charge in [0.25, 0.3) is 0 Å². The minimum Gasteiger partial charge on any atom is -0.326 e. The van der Waals surface area contributed by atoms with Crippen molar-refractivity contribution in [3.63, 3.8) is 0 Å². The van der Waals surface area contributed by atoms with Gasteiger partial charge in [0.2, 0.25) is 5.91 Å². The summed E-state index contributed by atoms with van der Waals surface area (Å²) in [5, 5.41) is 6.34. The fourth-order valence-corrected chi connectivity index (χ4v) is 3.32. The van der Waals surface area contributed by atoms with E-state index in [9.17, 15) is 9.59 Å². The molecule has 1 aliphatic heterocycles. The molecule has 2 atom stereocenters. The summed E-state index contributed by atoms with van der Waals surface area (Å²) < 4.78 is 0. The molecule has 2 N–H and O–H groups in total. The van der Waals surface area contributed by atoms with Crippen molar-refractivity contribution < 1.29 is 9.59 Å². The Morgan fingerprint density at radius 3 is 3.00 bits per heavy atom. The number of amides is 1. The SMILES string of the molecule is C[C@H]1C[C@@H](C(=O)Nc2ccc3c(c2)C(=O)CCC3)CCN1. The number of rotatable bonds is 2. The van der Waals surface area contributed by atoms with Gasteiger partial charge in [-0.1, -0.05) is 6.07 Å². The van der Waals surface area contributed by atoms with E-state index in [-0.39, 0.29) is 17.6 Å². The zero-order valence-electron chi connectivity index (χ0n) is 12.4. The monoisotopic (exact) mass is 286 g/mol. The van der Waals surface area contributed by atoms with Gasteiger partial charge >= 0.3 is 0 Å². The van der Waals surface area contributed by atoms with E-state index in [0.717, 1.165) is 49.0 Å². The first-order valence-electron chi connectivity index (χ1n) is 7.84. The Morgan fingerprint density at radius 2 is 2.19 bits per heavy atom. The molecule has 1 saturated heterocycles. The van der Waals surface area contributed by atoms with Gasteiger partial charge in [0, 0.05) is 29.6 Å². The number of carbonyl (C=O) groups excluding carboxylic acids is 2. The van der Waals surface area contributed by atoms with Crippen LogP contribution in [0.5, 0.6) is 0 Å². The van der Waals surface area contributed by atoms with Crippen molar-refractivity contribution in [1.29, 1.82) is 0 Å². The summed E-state index contributed by atoms with van der Waals surface area (Å²) in [6.07, 6.45) is 4.26. The molecule has 1 aromatic carbocycles. The third kappa shape index (κ3) is 3.16. The van der Waals surface area contributed by atoms with Crippen molar-refractivity contribution in [3.05, 3.63) is 29.3 Å². The van der Waals surface area contributed by atoms with Crippen LogP contribution in [0.2, 0.25) is 0 Å². The predicted octanol–water partition coefficient (Wildman–Crippen LogP) is 2.53. The summed E-state index contributed by atoms with van der Waals surface area (Å²) in [4.78, 5) is 24.3. The van der Waals surface area contributed by atoms with E-state index in [1.54, 1.807) is 0 Å². The number of fused-ring (bicyclic) bond motifs is 1. The molecule has 0 unspecified atom stereocenters. The molecule has 1 aliphatic carbocycles. The highest BCUT2D eigenvalue weighted by Crippen LogP contribution is 2.25. The Hall–Kier alpha value is -1.68. The molecular formula is C17H22N2O2. The summed E-state index contributed by atoms with van der Waals surface area (Å²) in [6, 6.07) is 6.13. The fraction of sp³-hybridized carbons (Fsp3) is 0.529. The van der Waals surface area contributed by atoms with Crippen LogP contribution >= 0.6 is 0 Å². The Morgan fingerprint density at radius 1 is 1.33 bits per heavy atom. The first kappa shape index (κ1) is 14.3. The largest absolute Gasteiger partial charge is 0.326 e. The van der Waals surface area contributed by atoms with E-state index in [2.05, 4.69) is 17.6 Å². The van der Waals surface area contributed by atoms with Crippen LogP contribution in [0.3, 0.4) is 0 Å². The van der Waals surface area contributed by atoms with Crippen LogP contribution in [0.1, 0.15) is 48.5 Å². The maximum Gasteiger partial charge on any atom is 0.227 e. The highest BCUT2D eigenvalue weighted by Gasteiger charge is 2.25. The molecule has 0 radical (unpaired) electrons.